The van der Waals surface area contributed by atoms with Crippen LogP contribution in [-0.4, -0.2) is 73.1 Å². The number of nitrogens with zero attached hydrogens (tertiary/aromatic N) is 5. The Morgan fingerprint density at radius 1 is 1.17 bits per heavy atom. The van der Waals surface area contributed by atoms with Crippen molar-refractivity contribution in [2.75, 3.05) is 51.2 Å². The molecule has 0 atom stereocenters. The zero-order valence-corrected chi connectivity index (χ0v) is 14.5. The molecule has 0 unspecified atom stereocenters. The SMILES string of the molecule is CCCNC(=O)CCNC(=NC)N1CCN(c2ncccn2)CC1. The molecule has 132 valence electrons. The quantitative estimate of drug-likeness (QED) is 0.567. The van der Waals surface area contributed by atoms with Crippen LogP contribution in [0.1, 0.15) is 19.8 Å². The van der Waals surface area contributed by atoms with Gasteiger partial charge in [-0.15, -0.1) is 0 Å². The molecule has 0 spiro atoms. The summed E-state index contributed by atoms with van der Waals surface area (Å²) in [4.78, 5) is 28.9. The number of hydrogen-bond donors (Lipinski definition) is 2. The van der Waals surface area contributed by atoms with Crippen molar-refractivity contribution in [1.82, 2.24) is 25.5 Å². The molecule has 1 aromatic rings. The fourth-order valence-corrected chi connectivity index (χ4v) is 2.55. The van der Waals surface area contributed by atoms with E-state index >= 15 is 0 Å². The average Bonchev–Trinajstić information content (AvgIpc) is 2.64. The Bertz CT molecular complexity index is 526. The number of carbonyl (C=O) groups is 1. The van der Waals surface area contributed by atoms with Gasteiger partial charge >= 0.3 is 0 Å². The molecule has 1 aliphatic heterocycles. The van der Waals surface area contributed by atoms with Crippen LogP contribution in [0.15, 0.2) is 23.5 Å². The molecule has 0 aliphatic carbocycles. The van der Waals surface area contributed by atoms with Gasteiger partial charge in [0.1, 0.15) is 0 Å². The van der Waals surface area contributed by atoms with Gasteiger partial charge in [0.05, 0.1) is 0 Å². The topological polar surface area (TPSA) is 85.8 Å². The third-order valence-corrected chi connectivity index (χ3v) is 3.83. The van der Waals surface area contributed by atoms with Gasteiger partial charge in [-0.25, -0.2) is 9.97 Å². The van der Waals surface area contributed by atoms with Crippen molar-refractivity contribution in [3.05, 3.63) is 18.5 Å². The van der Waals surface area contributed by atoms with Gasteiger partial charge < -0.3 is 20.4 Å². The van der Waals surface area contributed by atoms with Crippen molar-refractivity contribution in [2.24, 2.45) is 4.99 Å². The molecule has 1 aromatic heterocycles. The second kappa shape index (κ2) is 9.69. The van der Waals surface area contributed by atoms with Crippen LogP contribution in [0.4, 0.5) is 5.95 Å². The van der Waals surface area contributed by atoms with Crippen LogP contribution < -0.4 is 15.5 Å². The van der Waals surface area contributed by atoms with E-state index in [1.807, 2.05) is 13.0 Å². The molecule has 8 heteroatoms. The monoisotopic (exact) mass is 333 g/mol. The summed E-state index contributed by atoms with van der Waals surface area (Å²) >= 11 is 0. The normalized spacial score (nSPS) is 15.3. The molecular weight excluding hydrogens is 306 g/mol. The Hall–Kier alpha value is -2.38. The molecule has 1 aliphatic rings. The van der Waals surface area contributed by atoms with E-state index in [1.54, 1.807) is 19.4 Å². The van der Waals surface area contributed by atoms with Crippen LogP contribution in [0.3, 0.4) is 0 Å². The number of aliphatic imine (C=N–C) groups is 1. The molecule has 1 saturated heterocycles. The molecule has 0 bridgehead atoms. The lowest BCUT2D eigenvalue weighted by Crippen LogP contribution is -2.53. The lowest BCUT2D eigenvalue weighted by Gasteiger charge is -2.36. The van der Waals surface area contributed by atoms with Crippen molar-refractivity contribution in [3.8, 4) is 0 Å². The van der Waals surface area contributed by atoms with Crippen LogP contribution >= 0.6 is 0 Å². The van der Waals surface area contributed by atoms with E-state index in [0.29, 0.717) is 13.0 Å². The first-order valence-electron chi connectivity index (χ1n) is 8.49. The maximum Gasteiger partial charge on any atom is 0.225 e. The van der Waals surface area contributed by atoms with Gasteiger partial charge in [0.15, 0.2) is 5.96 Å². The second-order valence-electron chi connectivity index (χ2n) is 5.60. The summed E-state index contributed by atoms with van der Waals surface area (Å²) in [5.74, 6) is 1.69. The van der Waals surface area contributed by atoms with Gasteiger partial charge in [-0.1, -0.05) is 6.92 Å². The van der Waals surface area contributed by atoms with E-state index in [9.17, 15) is 4.79 Å². The molecule has 0 radical (unpaired) electrons. The number of anilines is 1. The van der Waals surface area contributed by atoms with Gasteiger partial charge in [0, 0.05) is 65.1 Å². The van der Waals surface area contributed by atoms with Crippen LogP contribution in [-0.2, 0) is 4.79 Å². The minimum absolute atomic E-state index is 0.0749. The van der Waals surface area contributed by atoms with E-state index in [0.717, 1.165) is 51.1 Å². The first kappa shape index (κ1) is 18.0. The number of hydrogen-bond acceptors (Lipinski definition) is 5. The zero-order valence-electron chi connectivity index (χ0n) is 14.5. The summed E-state index contributed by atoms with van der Waals surface area (Å²) in [7, 11) is 1.77. The smallest absolute Gasteiger partial charge is 0.225 e. The molecule has 1 fully saturated rings. The predicted molar refractivity (Wildman–Crippen MR) is 95.1 cm³/mol. The number of amides is 1. The largest absolute Gasteiger partial charge is 0.356 e. The predicted octanol–water partition coefficient (Wildman–Crippen LogP) is 0.0903. The van der Waals surface area contributed by atoms with Gasteiger partial charge in [-0.2, -0.15) is 0 Å². The van der Waals surface area contributed by atoms with Crippen LogP contribution in [0, 0.1) is 0 Å². The second-order valence-corrected chi connectivity index (χ2v) is 5.60. The molecule has 0 saturated carbocycles. The van der Waals surface area contributed by atoms with Crippen molar-refractivity contribution in [2.45, 2.75) is 19.8 Å². The molecule has 1 amide bonds. The van der Waals surface area contributed by atoms with E-state index in [1.165, 1.54) is 0 Å². The number of aromatic nitrogens is 2. The minimum Gasteiger partial charge on any atom is -0.356 e. The Morgan fingerprint density at radius 3 is 2.50 bits per heavy atom. The van der Waals surface area contributed by atoms with Crippen LogP contribution in [0.5, 0.6) is 0 Å². The fourth-order valence-electron chi connectivity index (χ4n) is 2.55. The molecular formula is C16H27N7O. The zero-order chi connectivity index (χ0) is 17.2. The third kappa shape index (κ3) is 5.36. The molecule has 2 rings (SSSR count). The maximum atomic E-state index is 11.6. The third-order valence-electron chi connectivity index (χ3n) is 3.83. The van der Waals surface area contributed by atoms with Crippen molar-refractivity contribution in [3.63, 3.8) is 0 Å². The first-order chi connectivity index (χ1) is 11.7. The van der Waals surface area contributed by atoms with Gasteiger partial charge in [0.2, 0.25) is 11.9 Å². The highest BCUT2D eigenvalue weighted by atomic mass is 16.1. The summed E-state index contributed by atoms with van der Waals surface area (Å²) in [6, 6.07) is 1.82. The highest BCUT2D eigenvalue weighted by Crippen LogP contribution is 2.09. The Morgan fingerprint density at radius 2 is 1.88 bits per heavy atom. The number of nitrogens with one attached hydrogen (secondary N) is 2. The molecule has 0 aromatic carbocycles. The number of rotatable bonds is 6. The summed E-state index contributed by atoms with van der Waals surface area (Å²) in [6.45, 7) is 6.76. The minimum atomic E-state index is 0.0749. The first-order valence-corrected chi connectivity index (χ1v) is 8.49. The average molecular weight is 333 g/mol. The number of piperazine rings is 1. The van der Waals surface area contributed by atoms with E-state index in [-0.39, 0.29) is 5.91 Å². The Labute approximate surface area is 143 Å². The highest BCUT2D eigenvalue weighted by molar-refractivity contribution is 5.81. The summed E-state index contributed by atoms with van der Waals surface area (Å²) in [6.07, 6.45) is 4.94. The lowest BCUT2D eigenvalue weighted by atomic mass is 10.3. The van der Waals surface area contributed by atoms with E-state index in [4.69, 9.17) is 0 Å². The van der Waals surface area contributed by atoms with Gasteiger partial charge in [0.25, 0.3) is 0 Å². The van der Waals surface area contributed by atoms with Gasteiger partial charge in [-0.05, 0) is 12.5 Å². The maximum absolute atomic E-state index is 11.6. The van der Waals surface area contributed by atoms with Crippen molar-refractivity contribution >= 4 is 17.8 Å². The summed E-state index contributed by atoms with van der Waals surface area (Å²) in [5.41, 5.74) is 0. The fraction of sp³-hybridized carbons (Fsp3) is 0.625. The van der Waals surface area contributed by atoms with Crippen LogP contribution in [0.2, 0.25) is 0 Å². The van der Waals surface area contributed by atoms with Crippen molar-refractivity contribution < 1.29 is 4.79 Å². The van der Waals surface area contributed by atoms with E-state index in [2.05, 4.69) is 35.4 Å². The van der Waals surface area contributed by atoms with E-state index < -0.39 is 0 Å². The molecule has 24 heavy (non-hydrogen) atoms. The molecule has 2 N–H and O–H groups in total. The summed E-state index contributed by atoms with van der Waals surface area (Å²) in [5, 5.41) is 6.14. The number of guanidine groups is 1. The molecule has 8 nitrogen and oxygen atoms in total. The highest BCUT2D eigenvalue weighted by Gasteiger charge is 2.20. The Balaban J connectivity index is 1.74. The van der Waals surface area contributed by atoms with Crippen molar-refractivity contribution in [1.29, 1.82) is 0 Å². The standard InChI is InChI=1S/C16H27N7O/c1-3-6-18-14(24)5-9-21-15(17-2)22-10-12-23(13-11-22)16-19-7-4-8-20-16/h4,7-8H,3,5-6,9-13H2,1-2H3,(H,17,21)(H,18,24). The van der Waals surface area contributed by atoms with Gasteiger partial charge in [-0.3, -0.25) is 9.79 Å². The summed E-state index contributed by atoms with van der Waals surface area (Å²) < 4.78 is 0. The lowest BCUT2D eigenvalue weighted by molar-refractivity contribution is -0.120. The number of carbonyl (C=O) groups excluding carboxylic acids is 1. The molecule has 2 heterocycles. The van der Waals surface area contributed by atoms with Crippen LogP contribution in [0.25, 0.3) is 0 Å². The Kier molecular flexibility index (Phi) is 7.25.